The first-order chi connectivity index (χ1) is 14.8. The predicted molar refractivity (Wildman–Crippen MR) is 121 cm³/mol. The molecule has 0 radical (unpaired) electrons. The maximum absolute atomic E-state index is 12.6. The highest BCUT2D eigenvalue weighted by atomic mass is 32.2. The molecule has 0 saturated carbocycles. The van der Waals surface area contributed by atoms with Crippen molar-refractivity contribution in [2.45, 2.75) is 38.6 Å². The lowest BCUT2D eigenvalue weighted by Gasteiger charge is -2.09. The molecule has 0 aliphatic heterocycles. The molecule has 0 aliphatic rings. The third kappa shape index (κ3) is 5.68. The number of hydrogen-bond donors (Lipinski definition) is 2. The summed E-state index contributed by atoms with van der Waals surface area (Å²) in [6.45, 7) is 5.68. The largest absolute Gasteiger partial charge is 0.354 e. The number of nitrogens with one attached hydrogen (secondary N) is 2. The van der Waals surface area contributed by atoms with Crippen LogP contribution in [0.25, 0.3) is 12.2 Å². The molecule has 0 aliphatic carbocycles. The molecular formula is C23H25N3O4S. The van der Waals surface area contributed by atoms with E-state index in [1.54, 1.807) is 50.3 Å². The van der Waals surface area contributed by atoms with Gasteiger partial charge in [-0.2, -0.15) is 0 Å². The molecule has 1 amide bonds. The van der Waals surface area contributed by atoms with Crippen molar-refractivity contribution in [1.82, 2.24) is 9.88 Å². The highest BCUT2D eigenvalue weighted by molar-refractivity contribution is 7.89. The van der Waals surface area contributed by atoms with E-state index < -0.39 is 10.0 Å². The standard InChI is InChI=1S/C23H25N3O4S/c1-4-22(27)25-23-17(3)26-30-21(23)14-11-18-9-12-20(13-10-18)31(28,29)24-15-19-8-6-5-7-16(19)2/h5-14,24H,4,15H2,1-3H3,(H,25,27). The van der Waals surface area contributed by atoms with E-state index in [0.717, 1.165) is 16.7 Å². The monoisotopic (exact) mass is 439 g/mol. The number of benzene rings is 2. The van der Waals surface area contributed by atoms with Gasteiger partial charge in [-0.25, -0.2) is 13.1 Å². The van der Waals surface area contributed by atoms with Gasteiger partial charge in [-0.15, -0.1) is 0 Å². The van der Waals surface area contributed by atoms with Crippen molar-refractivity contribution in [1.29, 1.82) is 0 Å². The van der Waals surface area contributed by atoms with Gasteiger partial charge in [-0.1, -0.05) is 54.6 Å². The van der Waals surface area contributed by atoms with E-state index in [4.69, 9.17) is 4.52 Å². The van der Waals surface area contributed by atoms with Crippen LogP contribution in [0.5, 0.6) is 0 Å². The molecule has 7 nitrogen and oxygen atoms in total. The number of aryl methyl sites for hydroxylation is 2. The first-order valence-corrected chi connectivity index (χ1v) is 11.4. The van der Waals surface area contributed by atoms with E-state index in [9.17, 15) is 13.2 Å². The molecule has 8 heteroatoms. The Labute approximate surface area is 182 Å². The molecule has 0 saturated heterocycles. The molecule has 0 spiro atoms. The number of carbonyl (C=O) groups is 1. The molecule has 0 atom stereocenters. The minimum absolute atomic E-state index is 0.131. The Hall–Kier alpha value is -3.23. The van der Waals surface area contributed by atoms with Gasteiger partial charge in [-0.3, -0.25) is 4.79 Å². The molecule has 2 aromatic carbocycles. The normalized spacial score (nSPS) is 11.7. The average Bonchev–Trinajstić information content (AvgIpc) is 3.11. The quantitative estimate of drug-likeness (QED) is 0.545. The highest BCUT2D eigenvalue weighted by Gasteiger charge is 2.15. The van der Waals surface area contributed by atoms with E-state index in [0.29, 0.717) is 23.6 Å². The first-order valence-electron chi connectivity index (χ1n) is 9.88. The van der Waals surface area contributed by atoms with Crippen LogP contribution in [0, 0.1) is 13.8 Å². The third-order valence-electron chi connectivity index (χ3n) is 4.81. The number of hydrogen-bond acceptors (Lipinski definition) is 5. The maximum Gasteiger partial charge on any atom is 0.240 e. The van der Waals surface area contributed by atoms with Gasteiger partial charge < -0.3 is 9.84 Å². The summed E-state index contributed by atoms with van der Waals surface area (Å²) in [5.41, 5.74) is 3.85. The summed E-state index contributed by atoms with van der Waals surface area (Å²) in [5.74, 6) is 0.296. The van der Waals surface area contributed by atoms with Crippen LogP contribution in [0.2, 0.25) is 0 Å². The van der Waals surface area contributed by atoms with Crippen molar-refractivity contribution >= 4 is 33.8 Å². The number of nitrogens with zero attached hydrogens (tertiary/aromatic N) is 1. The summed E-state index contributed by atoms with van der Waals surface area (Å²) in [6.07, 6.45) is 3.80. The molecule has 0 fully saturated rings. The van der Waals surface area contributed by atoms with Gasteiger partial charge in [0.05, 0.1) is 4.90 Å². The Morgan fingerprint density at radius 1 is 1.06 bits per heavy atom. The van der Waals surface area contributed by atoms with Crippen molar-refractivity contribution in [3.8, 4) is 0 Å². The van der Waals surface area contributed by atoms with E-state index in [1.807, 2.05) is 31.2 Å². The summed E-state index contributed by atoms with van der Waals surface area (Å²) in [6, 6.07) is 14.1. The SMILES string of the molecule is CCC(=O)Nc1c(C)noc1C=Cc1ccc(S(=O)(=O)NCc2ccccc2C)cc1. The first kappa shape index (κ1) is 22.5. The minimum Gasteiger partial charge on any atom is -0.354 e. The van der Waals surface area contributed by atoms with E-state index >= 15 is 0 Å². The van der Waals surface area contributed by atoms with Crippen LogP contribution >= 0.6 is 0 Å². The van der Waals surface area contributed by atoms with Crippen molar-refractivity contribution in [2.24, 2.45) is 0 Å². The van der Waals surface area contributed by atoms with Gasteiger partial charge in [0, 0.05) is 13.0 Å². The Morgan fingerprint density at radius 2 is 1.77 bits per heavy atom. The molecule has 3 aromatic rings. The fraction of sp³-hybridized carbons (Fsp3) is 0.217. The number of aromatic nitrogens is 1. The molecule has 1 aromatic heterocycles. The van der Waals surface area contributed by atoms with Crippen molar-refractivity contribution in [3.05, 3.63) is 76.7 Å². The summed E-state index contributed by atoms with van der Waals surface area (Å²) < 4.78 is 33.1. The number of amides is 1. The Bertz CT molecular complexity index is 1200. The predicted octanol–water partition coefficient (Wildman–Crippen LogP) is 4.29. The summed E-state index contributed by atoms with van der Waals surface area (Å²) in [7, 11) is -3.63. The van der Waals surface area contributed by atoms with Crippen LogP contribution in [0.4, 0.5) is 5.69 Å². The Balaban J connectivity index is 1.70. The van der Waals surface area contributed by atoms with Gasteiger partial charge in [0.15, 0.2) is 5.76 Å². The van der Waals surface area contributed by atoms with E-state index in [-0.39, 0.29) is 17.3 Å². The molecule has 0 unspecified atom stereocenters. The minimum atomic E-state index is -3.63. The van der Waals surface area contributed by atoms with Gasteiger partial charge >= 0.3 is 0 Å². The van der Waals surface area contributed by atoms with Crippen LogP contribution < -0.4 is 10.0 Å². The Kier molecular flexibility index (Phi) is 7.04. The van der Waals surface area contributed by atoms with E-state index in [1.165, 1.54) is 0 Å². The molecule has 3 rings (SSSR count). The number of anilines is 1. The number of sulfonamides is 1. The van der Waals surface area contributed by atoms with Crippen molar-refractivity contribution < 1.29 is 17.7 Å². The lowest BCUT2D eigenvalue weighted by molar-refractivity contribution is -0.115. The zero-order valence-corrected chi connectivity index (χ0v) is 18.5. The molecule has 31 heavy (non-hydrogen) atoms. The summed E-state index contributed by atoms with van der Waals surface area (Å²) in [5, 5.41) is 6.66. The topological polar surface area (TPSA) is 101 Å². The lowest BCUT2D eigenvalue weighted by Crippen LogP contribution is -2.23. The second kappa shape index (κ2) is 9.72. The summed E-state index contributed by atoms with van der Waals surface area (Å²) >= 11 is 0. The lowest BCUT2D eigenvalue weighted by atomic mass is 10.1. The van der Waals surface area contributed by atoms with Crippen LogP contribution in [0.3, 0.4) is 0 Å². The van der Waals surface area contributed by atoms with Crippen LogP contribution in [-0.4, -0.2) is 19.5 Å². The maximum atomic E-state index is 12.6. The van der Waals surface area contributed by atoms with Crippen LogP contribution in [0.1, 0.15) is 41.5 Å². The molecular weight excluding hydrogens is 414 g/mol. The third-order valence-corrected chi connectivity index (χ3v) is 6.22. The summed E-state index contributed by atoms with van der Waals surface area (Å²) in [4.78, 5) is 11.9. The fourth-order valence-electron chi connectivity index (χ4n) is 2.88. The fourth-order valence-corrected chi connectivity index (χ4v) is 3.88. The van der Waals surface area contributed by atoms with Crippen LogP contribution in [0.15, 0.2) is 57.9 Å². The highest BCUT2D eigenvalue weighted by Crippen LogP contribution is 2.23. The van der Waals surface area contributed by atoms with Crippen molar-refractivity contribution in [3.63, 3.8) is 0 Å². The van der Waals surface area contributed by atoms with Gasteiger partial charge in [0.1, 0.15) is 11.4 Å². The van der Waals surface area contributed by atoms with Gasteiger partial charge in [0.25, 0.3) is 0 Å². The number of rotatable bonds is 8. The molecule has 2 N–H and O–H groups in total. The molecule has 1 heterocycles. The number of carbonyl (C=O) groups excluding carboxylic acids is 1. The van der Waals surface area contributed by atoms with Gasteiger partial charge in [-0.05, 0) is 48.7 Å². The zero-order valence-electron chi connectivity index (χ0n) is 17.7. The smallest absolute Gasteiger partial charge is 0.240 e. The Morgan fingerprint density at radius 3 is 2.45 bits per heavy atom. The van der Waals surface area contributed by atoms with Crippen LogP contribution in [-0.2, 0) is 21.4 Å². The van der Waals surface area contributed by atoms with E-state index in [2.05, 4.69) is 15.2 Å². The second-order valence-electron chi connectivity index (χ2n) is 7.06. The molecule has 0 bridgehead atoms. The average molecular weight is 440 g/mol. The molecule has 162 valence electrons. The van der Waals surface area contributed by atoms with Gasteiger partial charge in [0.2, 0.25) is 15.9 Å². The van der Waals surface area contributed by atoms with Crippen molar-refractivity contribution in [2.75, 3.05) is 5.32 Å². The second-order valence-corrected chi connectivity index (χ2v) is 8.83. The zero-order chi connectivity index (χ0) is 22.4.